The van der Waals surface area contributed by atoms with Crippen LogP contribution in [0.25, 0.3) is 33.4 Å². The van der Waals surface area contributed by atoms with Gasteiger partial charge in [-0.25, -0.2) is 26.3 Å². The molecule has 1 aliphatic heterocycles. The van der Waals surface area contributed by atoms with Crippen molar-refractivity contribution in [3.05, 3.63) is 453 Å². The van der Waals surface area contributed by atoms with Gasteiger partial charge in [0.25, 0.3) is 0 Å². The zero-order valence-electron chi connectivity index (χ0n) is 69.9. The number of halogens is 6. The third-order valence-corrected chi connectivity index (χ3v) is 28.4. The normalized spacial score (nSPS) is 27.1. The molecular weight excluding hydrogens is 1560 g/mol. The van der Waals surface area contributed by atoms with Gasteiger partial charge in [-0.2, -0.15) is 0 Å². The van der Waals surface area contributed by atoms with Crippen molar-refractivity contribution in [3.8, 4) is 28.0 Å². The molecule has 0 fully saturated rings. The second kappa shape index (κ2) is 33.1. The molecule has 0 radical (unpaired) electrons. The average Bonchev–Trinajstić information content (AvgIpc) is 1.54. The van der Waals surface area contributed by atoms with Gasteiger partial charge in [0.1, 0.15) is 59.3 Å². The molecule has 12 unspecified atom stereocenters. The molecule has 0 saturated heterocycles. The predicted molar refractivity (Wildman–Crippen MR) is 494 cm³/mol. The van der Waals surface area contributed by atoms with Crippen LogP contribution in [0.3, 0.4) is 0 Å². The Balaban J connectivity index is 0.656. The molecule has 21 rings (SSSR count). The van der Waals surface area contributed by atoms with Crippen molar-refractivity contribution < 1.29 is 40.6 Å². The van der Waals surface area contributed by atoms with Crippen LogP contribution in [0.4, 0.5) is 43.4 Å². The minimum Gasteiger partial charge on any atom is -0.491 e. The molecule has 12 atom stereocenters. The lowest BCUT2D eigenvalue weighted by Gasteiger charge is -2.40. The van der Waals surface area contributed by atoms with Crippen molar-refractivity contribution in [1.82, 2.24) is 0 Å². The Morgan fingerprint density at radius 3 is 1.83 bits per heavy atom. The maximum Gasteiger partial charge on any atom is 0.130 e. The molecule has 0 aromatic heterocycles. The molecule has 0 amide bonds. The van der Waals surface area contributed by atoms with Gasteiger partial charge in [0, 0.05) is 108 Å². The third kappa shape index (κ3) is 14.3. The molecule has 14 aliphatic rings. The fourth-order valence-electron chi connectivity index (χ4n) is 22.3. The molecule has 624 valence electrons. The predicted octanol–water partition coefficient (Wildman–Crippen LogP) is 29.1. The van der Waals surface area contributed by atoms with E-state index in [4.69, 9.17) is 14.2 Å². The summed E-state index contributed by atoms with van der Waals surface area (Å²) in [5.41, 5.74) is 18.0. The van der Waals surface area contributed by atoms with Gasteiger partial charge < -0.3 is 24.0 Å². The number of fused-ring (bicyclic) bond motifs is 9. The second-order valence-corrected chi connectivity index (χ2v) is 35.4. The molecule has 0 saturated carbocycles. The summed E-state index contributed by atoms with van der Waals surface area (Å²) >= 11 is 0. The van der Waals surface area contributed by atoms with Crippen molar-refractivity contribution in [3.63, 3.8) is 0 Å². The zero-order chi connectivity index (χ0) is 84.6. The van der Waals surface area contributed by atoms with Gasteiger partial charge in [0.15, 0.2) is 0 Å². The Bertz CT molecular complexity index is 6320. The van der Waals surface area contributed by atoms with Crippen LogP contribution in [-0.4, -0.2) is 36.6 Å². The first kappa shape index (κ1) is 79.6. The molecule has 0 N–H and O–H groups in total. The standard InChI is InChI=1S/C114H98F6N2O3/c1-3-71-25-53-91(54-26-71)123-93-57-37-81(38-58-93)113(111-105(117)21-11-22-106(111)118)101-19-7-5-17-95(101)97-61-49-87(67-103(97)113)121(85-45-33-75(34-46-85)79-15-9-13-77(65-79)73-29-41-83(115)42-30-73)89-51-63-99-100-64-52-90(70-110(100)125-109(99)69-89)122(86-47-35-76(36-48-86)80-16-10-14-78(66-80)74-31-43-84(116)44-32-74)88-50-62-98-96-18-6-8-20-102(96)114(104(98)68-88,112-107(119)23-12-24-108(112)120)82-39-59-94(60-40-82)124-92-55-27-72(4-2)28-56-92/h3-9,12-13,15-21,23-26,29-31,33-35,37,39-41,43-45,47-53,55,57,59,61-69,72,74,76,83,85,90-91,94,100,110H,1-2,10-11,14,22,27-28,32,36,38,42,46,54,56,58,60,70H2. The Kier molecular flexibility index (Phi) is 21.1. The number of rotatable bonds is 20. The molecule has 5 nitrogen and oxygen atoms in total. The Hall–Kier alpha value is -12.6. The highest BCUT2D eigenvalue weighted by molar-refractivity contribution is 5.92. The lowest BCUT2D eigenvalue weighted by Crippen LogP contribution is -2.40. The lowest BCUT2D eigenvalue weighted by molar-refractivity contribution is 0.139. The van der Waals surface area contributed by atoms with E-state index in [1.165, 1.54) is 29.3 Å². The quantitative estimate of drug-likeness (QED) is 0.0561. The van der Waals surface area contributed by atoms with Gasteiger partial charge in [-0.3, -0.25) is 0 Å². The highest BCUT2D eigenvalue weighted by Crippen LogP contribution is 2.64. The van der Waals surface area contributed by atoms with E-state index in [0.29, 0.717) is 63.7 Å². The Labute approximate surface area is 729 Å². The van der Waals surface area contributed by atoms with Crippen molar-refractivity contribution in [2.45, 2.75) is 156 Å². The van der Waals surface area contributed by atoms with E-state index in [1.54, 1.807) is 24.3 Å². The minimum atomic E-state index is -1.43. The number of anilines is 3. The minimum absolute atomic E-state index is 0.0321. The summed E-state index contributed by atoms with van der Waals surface area (Å²) in [6.07, 6.45) is 66.0. The monoisotopic (exact) mass is 1660 g/mol. The van der Waals surface area contributed by atoms with Crippen molar-refractivity contribution >= 4 is 28.2 Å². The summed E-state index contributed by atoms with van der Waals surface area (Å²) < 4.78 is 120. The summed E-state index contributed by atoms with van der Waals surface area (Å²) in [7, 11) is 0. The van der Waals surface area contributed by atoms with Gasteiger partial charge >= 0.3 is 0 Å². The van der Waals surface area contributed by atoms with Crippen LogP contribution in [0, 0.1) is 29.4 Å². The molecule has 7 aromatic rings. The number of benzene rings is 7. The molecule has 0 bridgehead atoms. The van der Waals surface area contributed by atoms with Crippen LogP contribution in [0.5, 0.6) is 5.75 Å². The van der Waals surface area contributed by atoms with Gasteiger partial charge in [-0.05, 0) is 250 Å². The third-order valence-electron chi connectivity index (χ3n) is 28.4. The number of hydrogen-bond donors (Lipinski definition) is 0. The highest BCUT2D eigenvalue weighted by Gasteiger charge is 2.54. The number of ether oxygens (including phenoxy) is 3. The van der Waals surface area contributed by atoms with Gasteiger partial charge in [-0.1, -0.05) is 224 Å². The maximum absolute atomic E-state index is 17.7. The van der Waals surface area contributed by atoms with Crippen LogP contribution in [0.1, 0.15) is 153 Å². The first-order chi connectivity index (χ1) is 61.2. The van der Waals surface area contributed by atoms with Crippen molar-refractivity contribution in [1.29, 1.82) is 0 Å². The topological polar surface area (TPSA) is 34.2 Å². The number of alkyl halides is 1. The first-order valence-corrected chi connectivity index (χ1v) is 44.8. The fourth-order valence-corrected chi connectivity index (χ4v) is 22.3. The largest absolute Gasteiger partial charge is 0.491 e. The average molecular weight is 1660 g/mol. The van der Waals surface area contributed by atoms with Crippen LogP contribution in [0.15, 0.2) is 397 Å². The van der Waals surface area contributed by atoms with E-state index in [9.17, 15) is 8.78 Å². The van der Waals surface area contributed by atoms with E-state index in [1.807, 2.05) is 78.9 Å². The molecule has 7 aromatic carbocycles. The van der Waals surface area contributed by atoms with E-state index < -0.39 is 40.3 Å². The zero-order valence-corrected chi connectivity index (χ0v) is 69.9. The Morgan fingerprint density at radius 2 is 1.17 bits per heavy atom. The van der Waals surface area contributed by atoms with Gasteiger partial charge in [0.2, 0.25) is 0 Å². The second-order valence-electron chi connectivity index (χ2n) is 35.4. The van der Waals surface area contributed by atoms with Crippen LogP contribution >= 0.6 is 0 Å². The van der Waals surface area contributed by atoms with E-state index in [2.05, 4.69) is 217 Å². The van der Waals surface area contributed by atoms with Crippen LogP contribution < -0.4 is 14.5 Å². The molecular formula is C114H98F6N2O3. The molecule has 0 spiro atoms. The molecule has 125 heavy (non-hydrogen) atoms. The van der Waals surface area contributed by atoms with Crippen LogP contribution in [-0.2, 0) is 20.3 Å². The van der Waals surface area contributed by atoms with Crippen molar-refractivity contribution in [2.75, 3.05) is 9.80 Å². The van der Waals surface area contributed by atoms with E-state index >= 15 is 17.6 Å². The summed E-state index contributed by atoms with van der Waals surface area (Å²) in [4.78, 5) is 4.78. The van der Waals surface area contributed by atoms with Gasteiger partial charge in [-0.15, -0.1) is 6.58 Å². The van der Waals surface area contributed by atoms with E-state index in [0.717, 1.165) is 161 Å². The molecule has 13 aliphatic carbocycles. The number of allylic oxidation sites excluding steroid dienone is 33. The summed E-state index contributed by atoms with van der Waals surface area (Å²) in [5, 5.41) is 0. The van der Waals surface area contributed by atoms with E-state index in [-0.39, 0.29) is 78.0 Å². The summed E-state index contributed by atoms with van der Waals surface area (Å²) in [6, 6.07) is 48.0. The first-order valence-electron chi connectivity index (χ1n) is 44.8. The SMILES string of the molecule is C=CC1=CCC(OC2=CC=C(C3(C4=C(F)CCC=C4F)c4ccccc4-c4ccc(N(c5ccc6c(c5)OC5CC(N(C7=CCC(C8=CCCC(C9C=CC(F)=CC9)=C8)C=C7)c7ccc8c(c7)C(C7=CCC(OC9=CCC(C=C)CC9)C=C7)(c7c(F)cccc7F)c7ccccc7-8)C=CC65)C5C=CC(c6cccc(C7=CCC(F)C=C7)c6)=CC5)cc43)CC2)C=C1. The smallest absolute Gasteiger partial charge is 0.130 e. The maximum atomic E-state index is 17.7. The summed E-state index contributed by atoms with van der Waals surface area (Å²) in [5.74, 6) is 0.565. The number of nitrogens with zero attached hydrogens (tertiary/aromatic N) is 2. The molecule has 11 heteroatoms. The van der Waals surface area contributed by atoms with Crippen LogP contribution in [0.2, 0.25) is 0 Å². The number of hydrogen-bond acceptors (Lipinski definition) is 5. The van der Waals surface area contributed by atoms with Crippen molar-refractivity contribution in [2.24, 2.45) is 17.8 Å². The molecule has 1 heterocycles. The highest BCUT2D eigenvalue weighted by atomic mass is 19.2. The Morgan fingerprint density at radius 1 is 0.480 bits per heavy atom. The lowest BCUT2D eigenvalue weighted by atomic mass is 9.63. The summed E-state index contributed by atoms with van der Waals surface area (Å²) in [6.45, 7) is 8.00. The fraction of sp³-hybridized carbons (Fsp3) is 0.246. The van der Waals surface area contributed by atoms with Gasteiger partial charge in [0.05, 0.1) is 34.4 Å².